The van der Waals surface area contributed by atoms with Crippen molar-refractivity contribution in [2.45, 2.75) is 38.1 Å². The monoisotopic (exact) mass is 291 g/mol. The Hall–Kier alpha value is -2.04. The van der Waals surface area contributed by atoms with Crippen LogP contribution in [0.2, 0.25) is 0 Å². The van der Waals surface area contributed by atoms with E-state index in [1.54, 1.807) is 7.11 Å². The number of hydrogen-bond donors (Lipinski definition) is 2. The topological polar surface area (TPSA) is 75.6 Å². The van der Waals surface area contributed by atoms with Gasteiger partial charge in [0, 0.05) is 6.04 Å². The van der Waals surface area contributed by atoms with Crippen LogP contribution in [0.15, 0.2) is 24.3 Å². The number of carbonyl (C=O) groups is 2. The van der Waals surface area contributed by atoms with E-state index in [1.807, 2.05) is 31.2 Å². The minimum absolute atomic E-state index is 0.0355. The van der Waals surface area contributed by atoms with Crippen molar-refractivity contribution in [2.24, 2.45) is 5.92 Å². The summed E-state index contributed by atoms with van der Waals surface area (Å²) in [7, 11) is 1.59. The van der Waals surface area contributed by atoms with Crippen molar-refractivity contribution in [2.75, 3.05) is 7.11 Å². The lowest BCUT2D eigenvalue weighted by Crippen LogP contribution is -2.36. The van der Waals surface area contributed by atoms with Crippen LogP contribution in [-0.4, -0.2) is 30.1 Å². The molecule has 0 bridgehead atoms. The standard InChI is InChI=1S/C16H21NO4/c1-10(11-4-3-5-14(9-11)21-2)15(18)17-13-7-6-12(8-13)16(19)20/h3-5,9-10,12-13H,6-8H2,1-2H3,(H,17,18)(H,19,20)/t10?,12-,13+/m0/s1. The maximum Gasteiger partial charge on any atom is 0.306 e. The van der Waals surface area contributed by atoms with Gasteiger partial charge in [-0.1, -0.05) is 12.1 Å². The lowest BCUT2D eigenvalue weighted by molar-refractivity contribution is -0.141. The van der Waals surface area contributed by atoms with Crippen LogP contribution in [0, 0.1) is 5.92 Å². The molecule has 3 atom stereocenters. The molecule has 0 aliphatic heterocycles. The Labute approximate surface area is 124 Å². The number of carboxylic acid groups (broad SMARTS) is 1. The van der Waals surface area contributed by atoms with Crippen molar-refractivity contribution in [1.82, 2.24) is 5.32 Å². The Balaban J connectivity index is 1.95. The highest BCUT2D eigenvalue weighted by Gasteiger charge is 2.31. The van der Waals surface area contributed by atoms with Gasteiger partial charge < -0.3 is 15.2 Å². The van der Waals surface area contributed by atoms with Crippen molar-refractivity contribution < 1.29 is 19.4 Å². The average molecular weight is 291 g/mol. The SMILES string of the molecule is COc1cccc(C(C)C(=O)N[C@@H]2CC[C@H](C(=O)O)C2)c1. The van der Waals surface area contributed by atoms with Gasteiger partial charge in [0.2, 0.25) is 5.91 Å². The number of aliphatic carboxylic acids is 1. The average Bonchev–Trinajstić information content (AvgIpc) is 2.95. The van der Waals surface area contributed by atoms with Gasteiger partial charge in [-0.3, -0.25) is 9.59 Å². The van der Waals surface area contributed by atoms with Gasteiger partial charge in [0.05, 0.1) is 18.9 Å². The van der Waals surface area contributed by atoms with Gasteiger partial charge in [-0.2, -0.15) is 0 Å². The highest BCUT2D eigenvalue weighted by Crippen LogP contribution is 2.27. The zero-order valence-electron chi connectivity index (χ0n) is 12.3. The molecule has 0 heterocycles. The van der Waals surface area contributed by atoms with Gasteiger partial charge in [0.1, 0.15) is 5.75 Å². The van der Waals surface area contributed by atoms with Crippen molar-refractivity contribution in [1.29, 1.82) is 0 Å². The number of carbonyl (C=O) groups excluding carboxylic acids is 1. The van der Waals surface area contributed by atoms with Crippen molar-refractivity contribution in [3.05, 3.63) is 29.8 Å². The van der Waals surface area contributed by atoms with Gasteiger partial charge >= 0.3 is 5.97 Å². The van der Waals surface area contributed by atoms with Gasteiger partial charge in [0.25, 0.3) is 0 Å². The van der Waals surface area contributed by atoms with E-state index < -0.39 is 5.97 Å². The minimum atomic E-state index is -0.771. The summed E-state index contributed by atoms with van der Waals surface area (Å²) in [5.41, 5.74) is 0.889. The molecule has 2 N–H and O–H groups in total. The van der Waals surface area contributed by atoms with E-state index in [0.717, 1.165) is 17.7 Å². The molecule has 1 aliphatic carbocycles. The summed E-state index contributed by atoms with van der Waals surface area (Å²) in [5, 5.41) is 11.9. The Morgan fingerprint density at radius 2 is 2.14 bits per heavy atom. The molecule has 1 aromatic rings. The lowest BCUT2D eigenvalue weighted by Gasteiger charge is -2.17. The second kappa shape index (κ2) is 6.61. The summed E-state index contributed by atoms with van der Waals surface area (Å²) in [6.45, 7) is 1.84. The summed E-state index contributed by atoms with van der Waals surface area (Å²) >= 11 is 0. The number of hydrogen-bond acceptors (Lipinski definition) is 3. The zero-order chi connectivity index (χ0) is 15.4. The maximum atomic E-state index is 12.3. The summed E-state index contributed by atoms with van der Waals surface area (Å²) in [6, 6.07) is 7.39. The fraction of sp³-hybridized carbons (Fsp3) is 0.500. The predicted molar refractivity (Wildman–Crippen MR) is 78.3 cm³/mol. The number of amides is 1. The van der Waals surface area contributed by atoms with E-state index in [9.17, 15) is 9.59 Å². The number of ether oxygens (including phenoxy) is 1. The lowest BCUT2D eigenvalue weighted by atomic mass is 9.99. The Morgan fingerprint density at radius 3 is 2.76 bits per heavy atom. The van der Waals surface area contributed by atoms with Crippen LogP contribution in [0.4, 0.5) is 0 Å². The van der Waals surface area contributed by atoms with Gasteiger partial charge in [-0.15, -0.1) is 0 Å². The molecule has 0 radical (unpaired) electrons. The van der Waals surface area contributed by atoms with Crippen LogP contribution in [0.5, 0.6) is 5.75 Å². The van der Waals surface area contributed by atoms with Crippen LogP contribution in [0.1, 0.15) is 37.7 Å². The van der Waals surface area contributed by atoms with Gasteiger partial charge in [0.15, 0.2) is 0 Å². The normalized spacial score (nSPS) is 22.6. The zero-order valence-corrected chi connectivity index (χ0v) is 12.3. The van der Waals surface area contributed by atoms with Gasteiger partial charge in [-0.05, 0) is 43.9 Å². The fourth-order valence-corrected chi connectivity index (χ4v) is 2.73. The maximum absolute atomic E-state index is 12.3. The van der Waals surface area contributed by atoms with Crippen LogP contribution >= 0.6 is 0 Å². The Bertz CT molecular complexity index is 529. The highest BCUT2D eigenvalue weighted by molar-refractivity contribution is 5.83. The molecule has 2 rings (SSSR count). The summed E-state index contributed by atoms with van der Waals surface area (Å²) in [5.74, 6) is -0.739. The van der Waals surface area contributed by atoms with Crippen LogP contribution in [-0.2, 0) is 9.59 Å². The first-order valence-corrected chi connectivity index (χ1v) is 7.18. The molecule has 1 aliphatic rings. The largest absolute Gasteiger partial charge is 0.497 e. The third-order valence-electron chi connectivity index (χ3n) is 4.12. The van der Waals surface area contributed by atoms with Crippen molar-refractivity contribution in [3.8, 4) is 5.75 Å². The second-order valence-electron chi connectivity index (χ2n) is 5.55. The van der Waals surface area contributed by atoms with Crippen LogP contribution < -0.4 is 10.1 Å². The molecule has 0 aromatic heterocycles. The molecule has 0 spiro atoms. The van der Waals surface area contributed by atoms with E-state index in [0.29, 0.717) is 12.8 Å². The highest BCUT2D eigenvalue weighted by atomic mass is 16.5. The van der Waals surface area contributed by atoms with E-state index in [1.165, 1.54) is 0 Å². The quantitative estimate of drug-likeness (QED) is 0.871. The molecule has 114 valence electrons. The van der Waals surface area contributed by atoms with Crippen molar-refractivity contribution >= 4 is 11.9 Å². The van der Waals surface area contributed by atoms with E-state index in [-0.39, 0.29) is 23.8 Å². The first kappa shape index (κ1) is 15.4. The number of carboxylic acids is 1. The minimum Gasteiger partial charge on any atom is -0.497 e. The Kier molecular flexibility index (Phi) is 4.83. The molecule has 1 fully saturated rings. The number of rotatable bonds is 5. The first-order valence-electron chi connectivity index (χ1n) is 7.18. The molecule has 5 heteroatoms. The molecule has 1 aromatic carbocycles. The van der Waals surface area contributed by atoms with Crippen LogP contribution in [0.25, 0.3) is 0 Å². The van der Waals surface area contributed by atoms with Gasteiger partial charge in [-0.25, -0.2) is 0 Å². The number of nitrogens with one attached hydrogen (secondary N) is 1. The van der Waals surface area contributed by atoms with E-state index in [2.05, 4.69) is 5.32 Å². The predicted octanol–water partition coefficient (Wildman–Crippen LogP) is 2.17. The summed E-state index contributed by atoms with van der Waals surface area (Å²) in [6.07, 6.45) is 1.88. The summed E-state index contributed by atoms with van der Waals surface area (Å²) < 4.78 is 5.16. The first-order chi connectivity index (χ1) is 10.0. The second-order valence-corrected chi connectivity index (χ2v) is 5.55. The van der Waals surface area contributed by atoms with Crippen molar-refractivity contribution in [3.63, 3.8) is 0 Å². The molecule has 1 unspecified atom stereocenters. The van der Waals surface area contributed by atoms with Crippen LogP contribution in [0.3, 0.4) is 0 Å². The smallest absolute Gasteiger partial charge is 0.306 e. The Morgan fingerprint density at radius 1 is 1.38 bits per heavy atom. The molecule has 5 nitrogen and oxygen atoms in total. The third-order valence-corrected chi connectivity index (χ3v) is 4.12. The fourth-order valence-electron chi connectivity index (χ4n) is 2.73. The molecular weight excluding hydrogens is 270 g/mol. The molecule has 0 saturated heterocycles. The summed E-state index contributed by atoms with van der Waals surface area (Å²) in [4.78, 5) is 23.2. The molecular formula is C16H21NO4. The molecule has 1 amide bonds. The van der Waals surface area contributed by atoms with E-state index in [4.69, 9.17) is 9.84 Å². The number of methoxy groups -OCH3 is 1. The molecule has 21 heavy (non-hydrogen) atoms. The number of benzene rings is 1. The van der Waals surface area contributed by atoms with E-state index >= 15 is 0 Å². The third kappa shape index (κ3) is 3.74. The molecule has 1 saturated carbocycles.